The second kappa shape index (κ2) is 5.58. The predicted octanol–water partition coefficient (Wildman–Crippen LogP) is 2.94. The van der Waals surface area contributed by atoms with Gasteiger partial charge in [-0.15, -0.1) is 0 Å². The van der Waals surface area contributed by atoms with Gasteiger partial charge in [-0.25, -0.2) is 4.98 Å². The zero-order valence-electron chi connectivity index (χ0n) is 11.6. The van der Waals surface area contributed by atoms with E-state index in [4.69, 9.17) is 10.7 Å². The van der Waals surface area contributed by atoms with Crippen molar-refractivity contribution >= 4 is 21.9 Å². The number of imidazole rings is 1. The summed E-state index contributed by atoms with van der Waals surface area (Å²) in [6, 6.07) is 6.33. The van der Waals surface area contributed by atoms with Crippen LogP contribution >= 0.6 is 15.9 Å². The maximum Gasteiger partial charge on any atom is 0.203 e. The zero-order valence-corrected chi connectivity index (χ0v) is 13.2. The van der Waals surface area contributed by atoms with Gasteiger partial charge in [-0.1, -0.05) is 22.0 Å². The van der Waals surface area contributed by atoms with Crippen LogP contribution in [0.5, 0.6) is 0 Å². The molecular weight excluding hydrogens is 316 g/mol. The molecular formula is C15H19BrN4. The van der Waals surface area contributed by atoms with Crippen LogP contribution in [0.1, 0.15) is 17.7 Å². The first kappa shape index (κ1) is 13.6. The summed E-state index contributed by atoms with van der Waals surface area (Å²) in [4.78, 5) is 4.82. The van der Waals surface area contributed by atoms with Crippen LogP contribution in [0.15, 0.2) is 22.7 Å². The Morgan fingerprint density at radius 1 is 1.45 bits per heavy atom. The number of hydrogen-bond acceptors (Lipinski definition) is 3. The lowest BCUT2D eigenvalue weighted by Crippen LogP contribution is -2.19. The Bertz CT molecular complexity index is 633. The normalized spacial score (nSPS) is 13.9. The van der Waals surface area contributed by atoms with Gasteiger partial charge < -0.3 is 15.6 Å². The van der Waals surface area contributed by atoms with Gasteiger partial charge in [0.15, 0.2) is 0 Å². The monoisotopic (exact) mass is 334 g/mol. The van der Waals surface area contributed by atoms with Crippen molar-refractivity contribution in [3.05, 3.63) is 33.9 Å². The Morgan fingerprint density at radius 3 is 3.10 bits per heavy atom. The molecule has 0 bridgehead atoms. The Labute approximate surface area is 127 Å². The number of benzene rings is 1. The molecule has 0 unspecified atom stereocenters. The lowest BCUT2D eigenvalue weighted by atomic mass is 10.0. The van der Waals surface area contributed by atoms with Gasteiger partial charge >= 0.3 is 0 Å². The third-order valence-electron chi connectivity index (χ3n) is 3.75. The summed E-state index contributed by atoms with van der Waals surface area (Å²) in [5.41, 5.74) is 10.5. The molecule has 3 rings (SSSR count). The van der Waals surface area contributed by atoms with Crippen LogP contribution in [0.4, 0.5) is 5.95 Å². The number of aryl methyl sites for hydroxylation is 1. The van der Waals surface area contributed by atoms with Crippen LogP contribution in [-0.4, -0.2) is 22.6 Å². The van der Waals surface area contributed by atoms with Crippen molar-refractivity contribution in [2.45, 2.75) is 26.3 Å². The van der Waals surface area contributed by atoms with Crippen LogP contribution in [0.25, 0.3) is 11.3 Å². The van der Waals surface area contributed by atoms with Gasteiger partial charge in [0.2, 0.25) is 5.95 Å². The van der Waals surface area contributed by atoms with Crippen LogP contribution in [0, 0.1) is 6.92 Å². The van der Waals surface area contributed by atoms with Crippen molar-refractivity contribution in [1.82, 2.24) is 9.55 Å². The summed E-state index contributed by atoms with van der Waals surface area (Å²) >= 11 is 3.55. The fourth-order valence-electron chi connectivity index (χ4n) is 2.75. The van der Waals surface area contributed by atoms with Crippen molar-refractivity contribution in [2.24, 2.45) is 5.73 Å². The molecule has 1 aromatic heterocycles. The molecule has 20 heavy (non-hydrogen) atoms. The number of anilines is 1. The minimum atomic E-state index is 0.644. The first-order chi connectivity index (χ1) is 9.70. The maximum atomic E-state index is 5.80. The molecule has 0 radical (unpaired) electrons. The molecule has 1 aromatic carbocycles. The van der Waals surface area contributed by atoms with Crippen molar-refractivity contribution in [2.75, 3.05) is 18.4 Å². The third-order valence-corrected chi connectivity index (χ3v) is 4.24. The van der Waals surface area contributed by atoms with Crippen LogP contribution in [0.2, 0.25) is 0 Å². The van der Waals surface area contributed by atoms with Gasteiger partial charge in [0.05, 0.1) is 5.69 Å². The summed E-state index contributed by atoms with van der Waals surface area (Å²) in [7, 11) is 0. The minimum absolute atomic E-state index is 0.644. The van der Waals surface area contributed by atoms with E-state index in [-0.39, 0.29) is 0 Å². The largest absolute Gasteiger partial charge is 0.356 e. The summed E-state index contributed by atoms with van der Waals surface area (Å²) in [6.07, 6.45) is 1.99. The van der Waals surface area contributed by atoms with E-state index in [0.717, 1.165) is 42.0 Å². The van der Waals surface area contributed by atoms with Crippen molar-refractivity contribution in [3.63, 3.8) is 0 Å². The minimum Gasteiger partial charge on any atom is -0.356 e. The number of halogens is 1. The fourth-order valence-corrected chi connectivity index (χ4v) is 3.12. The molecule has 2 aromatic rings. The molecule has 0 saturated heterocycles. The zero-order chi connectivity index (χ0) is 14.1. The van der Waals surface area contributed by atoms with Gasteiger partial charge in [-0.05, 0) is 37.6 Å². The average molecular weight is 335 g/mol. The van der Waals surface area contributed by atoms with E-state index < -0.39 is 0 Å². The summed E-state index contributed by atoms with van der Waals surface area (Å²) in [5, 5.41) is 3.38. The summed E-state index contributed by atoms with van der Waals surface area (Å²) in [5.74, 6) is 0.981. The number of hydrogen-bond donors (Lipinski definition) is 2. The molecule has 2 heterocycles. The molecule has 106 valence electrons. The lowest BCUT2D eigenvalue weighted by Gasteiger charge is -2.17. The summed E-state index contributed by atoms with van der Waals surface area (Å²) < 4.78 is 3.36. The van der Waals surface area contributed by atoms with Crippen LogP contribution < -0.4 is 11.1 Å². The lowest BCUT2D eigenvalue weighted by molar-refractivity contribution is 0.603. The molecule has 0 saturated carbocycles. The molecule has 0 fully saturated rings. The quantitative estimate of drug-likeness (QED) is 0.907. The van der Waals surface area contributed by atoms with Crippen molar-refractivity contribution in [3.8, 4) is 11.3 Å². The van der Waals surface area contributed by atoms with Gasteiger partial charge in [0, 0.05) is 35.2 Å². The van der Waals surface area contributed by atoms with E-state index in [1.807, 2.05) is 0 Å². The second-order valence-electron chi connectivity index (χ2n) is 5.16. The number of rotatable bonds is 3. The van der Waals surface area contributed by atoms with Gasteiger partial charge in [0.1, 0.15) is 0 Å². The number of nitrogens with two attached hydrogens (primary N) is 1. The molecule has 4 nitrogen and oxygen atoms in total. The van der Waals surface area contributed by atoms with Gasteiger partial charge in [-0.2, -0.15) is 0 Å². The standard InChI is InChI=1S/C15H19BrN4/c1-10-3-4-11(16)9-12(10)14-13(5-6-17)20-8-2-7-18-15(20)19-14/h3-4,9H,2,5-8,17H2,1H3,(H,18,19). The van der Waals surface area contributed by atoms with Crippen LogP contribution in [0.3, 0.4) is 0 Å². The van der Waals surface area contributed by atoms with Crippen LogP contribution in [-0.2, 0) is 13.0 Å². The molecule has 0 spiro atoms. The highest BCUT2D eigenvalue weighted by molar-refractivity contribution is 9.10. The molecule has 0 amide bonds. The molecule has 5 heteroatoms. The Balaban J connectivity index is 2.17. The Hall–Kier alpha value is -1.33. The van der Waals surface area contributed by atoms with E-state index in [1.165, 1.54) is 16.8 Å². The SMILES string of the molecule is Cc1ccc(Br)cc1-c1nc2n(c1CCN)CCCN2. The highest BCUT2D eigenvalue weighted by Gasteiger charge is 2.21. The first-order valence-electron chi connectivity index (χ1n) is 7.00. The van der Waals surface area contributed by atoms with Crippen molar-refractivity contribution < 1.29 is 0 Å². The maximum absolute atomic E-state index is 5.80. The van der Waals surface area contributed by atoms with Gasteiger partial charge in [-0.3, -0.25) is 0 Å². The molecule has 0 atom stereocenters. The smallest absolute Gasteiger partial charge is 0.203 e. The summed E-state index contributed by atoms with van der Waals surface area (Å²) in [6.45, 7) is 4.79. The number of aromatic nitrogens is 2. The predicted molar refractivity (Wildman–Crippen MR) is 86.0 cm³/mol. The topological polar surface area (TPSA) is 55.9 Å². The first-order valence-corrected chi connectivity index (χ1v) is 7.80. The van der Waals surface area contributed by atoms with Crippen molar-refractivity contribution in [1.29, 1.82) is 0 Å². The molecule has 0 aliphatic carbocycles. The highest BCUT2D eigenvalue weighted by atomic mass is 79.9. The Morgan fingerprint density at radius 2 is 2.30 bits per heavy atom. The number of nitrogens with one attached hydrogen (secondary N) is 1. The average Bonchev–Trinajstić information content (AvgIpc) is 2.81. The van der Waals surface area contributed by atoms with E-state index >= 15 is 0 Å². The fraction of sp³-hybridized carbons (Fsp3) is 0.400. The highest BCUT2D eigenvalue weighted by Crippen LogP contribution is 2.32. The van der Waals surface area contributed by atoms with E-state index in [0.29, 0.717) is 6.54 Å². The van der Waals surface area contributed by atoms with E-state index in [9.17, 15) is 0 Å². The molecule has 1 aliphatic rings. The van der Waals surface area contributed by atoms with Gasteiger partial charge in [0.25, 0.3) is 0 Å². The molecule has 1 aliphatic heterocycles. The third kappa shape index (κ3) is 2.36. The van der Waals surface area contributed by atoms with E-state index in [1.54, 1.807) is 0 Å². The number of fused-ring (bicyclic) bond motifs is 1. The number of nitrogens with zero attached hydrogens (tertiary/aromatic N) is 2. The second-order valence-corrected chi connectivity index (χ2v) is 6.08. The Kier molecular flexibility index (Phi) is 3.81. The molecule has 3 N–H and O–H groups in total. The van der Waals surface area contributed by atoms with E-state index in [2.05, 4.69) is 50.9 Å².